The van der Waals surface area contributed by atoms with Crippen molar-refractivity contribution in [2.45, 2.75) is 11.4 Å². The van der Waals surface area contributed by atoms with Gasteiger partial charge in [0.05, 0.1) is 18.0 Å². The molecule has 4 aromatic rings. The number of carbonyl (C=O) groups is 1. The van der Waals surface area contributed by atoms with E-state index < -0.39 is 0 Å². The van der Waals surface area contributed by atoms with Crippen LogP contribution in [-0.2, 0) is 11.3 Å². The number of para-hydroxylation sites is 2. The summed E-state index contributed by atoms with van der Waals surface area (Å²) in [4.78, 5) is 18.4. The smallest absolute Gasteiger partial charge is 0.275 e. The Morgan fingerprint density at radius 1 is 1.21 bits per heavy atom. The fourth-order valence-electron chi connectivity index (χ4n) is 3.24. The van der Waals surface area contributed by atoms with E-state index in [1.165, 1.54) is 11.3 Å². The van der Waals surface area contributed by atoms with Crippen molar-refractivity contribution >= 4 is 45.6 Å². The number of ether oxygens (including phenoxy) is 1. The summed E-state index contributed by atoms with van der Waals surface area (Å²) in [6.45, 7) is 1.33. The van der Waals surface area contributed by atoms with E-state index in [1.54, 1.807) is 18.9 Å². The maximum atomic E-state index is 12.8. The monoisotopic (exact) mass is 423 g/mol. The van der Waals surface area contributed by atoms with Gasteiger partial charge in [-0.1, -0.05) is 30.3 Å². The van der Waals surface area contributed by atoms with Crippen LogP contribution >= 0.6 is 23.1 Å². The Hall–Kier alpha value is -2.61. The lowest BCUT2D eigenvalue weighted by Gasteiger charge is -2.09. The van der Waals surface area contributed by atoms with Crippen molar-refractivity contribution in [1.29, 1.82) is 0 Å². The fraction of sp³-hybridized carbons (Fsp3) is 0.182. The number of thiazole rings is 1. The predicted octanol–water partition coefficient (Wildman–Crippen LogP) is 5.39. The van der Waals surface area contributed by atoms with E-state index in [-0.39, 0.29) is 5.91 Å². The van der Waals surface area contributed by atoms with Gasteiger partial charge in [-0.3, -0.25) is 4.79 Å². The molecule has 0 radical (unpaired) electrons. The van der Waals surface area contributed by atoms with Crippen molar-refractivity contribution in [3.8, 4) is 10.7 Å². The van der Waals surface area contributed by atoms with Crippen LogP contribution in [0.15, 0.2) is 64.9 Å². The molecule has 2 aromatic carbocycles. The Morgan fingerprint density at radius 2 is 2.00 bits per heavy atom. The van der Waals surface area contributed by atoms with E-state index in [2.05, 4.69) is 33.1 Å². The first-order valence-electron chi connectivity index (χ1n) is 9.18. The van der Waals surface area contributed by atoms with Crippen molar-refractivity contribution in [3.63, 3.8) is 0 Å². The molecule has 0 atom stereocenters. The summed E-state index contributed by atoms with van der Waals surface area (Å²) in [7, 11) is 1.70. The Morgan fingerprint density at radius 3 is 2.83 bits per heavy atom. The number of rotatable bonds is 7. The number of thioether (sulfide) groups is 1. The first-order chi connectivity index (χ1) is 14.2. The third kappa shape index (κ3) is 4.07. The quantitative estimate of drug-likeness (QED) is 0.405. The van der Waals surface area contributed by atoms with Crippen molar-refractivity contribution in [2.75, 3.05) is 25.3 Å². The molecule has 2 aromatic heterocycles. The molecule has 5 nitrogen and oxygen atoms in total. The van der Waals surface area contributed by atoms with Gasteiger partial charge in [-0.15, -0.1) is 23.1 Å². The average molecular weight is 424 g/mol. The molecule has 4 rings (SSSR count). The van der Waals surface area contributed by atoms with Crippen molar-refractivity contribution in [1.82, 2.24) is 9.55 Å². The maximum Gasteiger partial charge on any atom is 0.275 e. The highest BCUT2D eigenvalue weighted by Gasteiger charge is 2.17. The minimum absolute atomic E-state index is 0.200. The normalized spacial score (nSPS) is 11.1. The molecule has 0 aliphatic rings. The summed E-state index contributed by atoms with van der Waals surface area (Å²) in [5.74, 6) is -0.200. The van der Waals surface area contributed by atoms with Gasteiger partial charge in [-0.25, -0.2) is 4.98 Å². The van der Waals surface area contributed by atoms with E-state index in [0.29, 0.717) is 12.3 Å². The molecule has 1 amide bonds. The first kappa shape index (κ1) is 19.7. The Bertz CT molecular complexity index is 1150. The van der Waals surface area contributed by atoms with Crippen molar-refractivity contribution in [3.05, 3.63) is 65.7 Å². The van der Waals surface area contributed by atoms with Gasteiger partial charge in [0, 0.05) is 34.8 Å². The van der Waals surface area contributed by atoms with Gasteiger partial charge < -0.3 is 14.6 Å². The Labute approximate surface area is 177 Å². The fourth-order valence-corrected chi connectivity index (χ4v) is 4.62. The van der Waals surface area contributed by atoms with Crippen molar-refractivity contribution in [2.24, 2.45) is 0 Å². The van der Waals surface area contributed by atoms with Crippen LogP contribution in [0.5, 0.6) is 0 Å². The number of carbonyl (C=O) groups excluding carboxylic acids is 1. The number of benzene rings is 2. The van der Waals surface area contributed by atoms with Gasteiger partial charge >= 0.3 is 0 Å². The lowest BCUT2D eigenvalue weighted by molar-refractivity contribution is 0.102. The summed E-state index contributed by atoms with van der Waals surface area (Å²) >= 11 is 3.07. The highest BCUT2D eigenvalue weighted by Crippen LogP contribution is 2.31. The Kier molecular flexibility index (Phi) is 5.99. The number of hydrogen-bond donors (Lipinski definition) is 1. The molecule has 29 heavy (non-hydrogen) atoms. The van der Waals surface area contributed by atoms with E-state index in [0.717, 1.165) is 38.7 Å². The molecule has 0 saturated heterocycles. The van der Waals surface area contributed by atoms with Crippen LogP contribution in [0.1, 0.15) is 10.5 Å². The third-order valence-corrected chi connectivity index (χ3v) is 6.30. The van der Waals surface area contributed by atoms with Gasteiger partial charge in [0.1, 0.15) is 10.7 Å². The number of nitrogens with one attached hydrogen (secondary N) is 1. The van der Waals surface area contributed by atoms with Crippen LogP contribution < -0.4 is 5.32 Å². The van der Waals surface area contributed by atoms with Gasteiger partial charge in [0.25, 0.3) is 5.91 Å². The van der Waals surface area contributed by atoms with Crippen LogP contribution in [-0.4, -0.2) is 35.4 Å². The molecule has 2 heterocycles. The van der Waals surface area contributed by atoms with Crippen LogP contribution in [0, 0.1) is 0 Å². The zero-order chi connectivity index (χ0) is 20.2. The number of aromatic nitrogens is 2. The summed E-state index contributed by atoms with van der Waals surface area (Å²) in [5.41, 5.74) is 3.35. The second kappa shape index (κ2) is 8.82. The van der Waals surface area contributed by atoms with Gasteiger partial charge in [0.15, 0.2) is 0 Å². The summed E-state index contributed by atoms with van der Waals surface area (Å²) < 4.78 is 7.48. The predicted molar refractivity (Wildman–Crippen MR) is 121 cm³/mol. The van der Waals surface area contributed by atoms with Crippen LogP contribution in [0.3, 0.4) is 0 Å². The largest absolute Gasteiger partial charge is 0.383 e. The number of amides is 1. The molecule has 0 bridgehead atoms. The Balaban J connectivity index is 1.64. The maximum absolute atomic E-state index is 12.8. The number of fused-ring (bicyclic) bond motifs is 1. The van der Waals surface area contributed by atoms with E-state index in [9.17, 15) is 4.79 Å². The average Bonchev–Trinajstić information content (AvgIpc) is 3.37. The first-order valence-corrected chi connectivity index (χ1v) is 11.3. The molecule has 0 spiro atoms. The molecule has 0 unspecified atom stereocenters. The SMILES string of the molecule is COCCn1c(-c2nc(C(=O)Nc3ccccc3SC)cs2)cc2ccccc21. The van der Waals surface area contributed by atoms with E-state index >= 15 is 0 Å². The second-order valence-corrected chi connectivity index (χ2v) is 8.13. The summed E-state index contributed by atoms with van der Waals surface area (Å²) in [6, 6.07) is 18.1. The minimum atomic E-state index is -0.200. The third-order valence-electron chi connectivity index (χ3n) is 4.64. The lowest BCUT2D eigenvalue weighted by atomic mass is 10.2. The standard InChI is InChI=1S/C22H21N3O2S2/c1-27-12-11-25-18-9-5-3-7-15(18)13-19(25)22-24-17(14-29-22)21(26)23-16-8-4-6-10-20(16)28-2/h3-10,13-14H,11-12H2,1-2H3,(H,23,26). The molecule has 0 aliphatic carbocycles. The summed E-state index contributed by atoms with van der Waals surface area (Å²) in [5, 5.41) is 6.75. The molecule has 0 saturated carbocycles. The lowest BCUT2D eigenvalue weighted by Crippen LogP contribution is -2.13. The van der Waals surface area contributed by atoms with Crippen LogP contribution in [0.2, 0.25) is 0 Å². The molecule has 148 valence electrons. The summed E-state index contributed by atoms with van der Waals surface area (Å²) in [6.07, 6.45) is 1.99. The highest BCUT2D eigenvalue weighted by molar-refractivity contribution is 7.98. The molecule has 0 aliphatic heterocycles. The van der Waals surface area contributed by atoms with Crippen molar-refractivity contribution < 1.29 is 9.53 Å². The molecular formula is C22H21N3O2S2. The zero-order valence-corrected chi connectivity index (χ0v) is 17.8. The number of hydrogen-bond acceptors (Lipinski definition) is 5. The number of anilines is 1. The molecule has 1 N–H and O–H groups in total. The molecule has 7 heteroatoms. The highest BCUT2D eigenvalue weighted by atomic mass is 32.2. The zero-order valence-electron chi connectivity index (χ0n) is 16.2. The second-order valence-electron chi connectivity index (χ2n) is 6.43. The number of nitrogens with zero attached hydrogens (tertiary/aromatic N) is 2. The van der Waals surface area contributed by atoms with E-state index in [4.69, 9.17) is 4.74 Å². The van der Waals surface area contributed by atoms with Gasteiger partial charge in [0.2, 0.25) is 0 Å². The number of methoxy groups -OCH3 is 1. The molecule has 0 fully saturated rings. The van der Waals surface area contributed by atoms with Crippen LogP contribution in [0.25, 0.3) is 21.6 Å². The minimum Gasteiger partial charge on any atom is -0.383 e. The topological polar surface area (TPSA) is 56.2 Å². The molecular weight excluding hydrogens is 402 g/mol. The van der Waals surface area contributed by atoms with Gasteiger partial charge in [-0.2, -0.15) is 0 Å². The van der Waals surface area contributed by atoms with Crippen LogP contribution in [0.4, 0.5) is 5.69 Å². The van der Waals surface area contributed by atoms with Gasteiger partial charge in [-0.05, 0) is 30.5 Å². The van der Waals surface area contributed by atoms with E-state index in [1.807, 2.05) is 48.0 Å².